The first-order valence-electron chi connectivity index (χ1n) is 7.52. The number of likely N-dealkylation sites (tertiary alicyclic amines) is 1. The number of H-pyrrole nitrogens is 1. The Labute approximate surface area is 122 Å². The number of hydrogen-bond acceptors (Lipinski definition) is 3. The Morgan fingerprint density at radius 3 is 2.81 bits per heavy atom. The van der Waals surface area contributed by atoms with E-state index >= 15 is 0 Å². The minimum absolute atomic E-state index is 0.123. The molecule has 2 aromatic heterocycles. The summed E-state index contributed by atoms with van der Waals surface area (Å²) in [7, 11) is 0. The minimum atomic E-state index is -0.410. The number of aromatic amines is 1. The molecular formula is C15H21FN4O. The molecule has 1 fully saturated rings. The van der Waals surface area contributed by atoms with E-state index < -0.39 is 5.82 Å². The molecule has 0 bridgehead atoms. The van der Waals surface area contributed by atoms with Gasteiger partial charge in [-0.25, -0.2) is 14.2 Å². The molecule has 114 valence electrons. The van der Waals surface area contributed by atoms with E-state index in [4.69, 9.17) is 0 Å². The normalized spacial score (nSPS) is 17.9. The number of nitrogens with one attached hydrogen (secondary N) is 1. The summed E-state index contributed by atoms with van der Waals surface area (Å²) in [5.41, 5.74) is 0.846. The van der Waals surface area contributed by atoms with Crippen molar-refractivity contribution in [3.05, 3.63) is 28.6 Å². The molecule has 0 saturated carbocycles. The Morgan fingerprint density at radius 2 is 2.14 bits per heavy atom. The maximum Gasteiger partial charge on any atom is 0.327 e. The summed E-state index contributed by atoms with van der Waals surface area (Å²) >= 11 is 0. The van der Waals surface area contributed by atoms with Gasteiger partial charge in [-0.3, -0.25) is 9.55 Å². The van der Waals surface area contributed by atoms with Gasteiger partial charge in [-0.2, -0.15) is 0 Å². The zero-order chi connectivity index (χ0) is 15.0. The summed E-state index contributed by atoms with van der Waals surface area (Å²) in [5.74, 6) is 0.239. The molecule has 1 N–H and O–H groups in total. The monoisotopic (exact) mass is 292 g/mol. The summed E-state index contributed by atoms with van der Waals surface area (Å²) in [6.45, 7) is 7.47. The van der Waals surface area contributed by atoms with Gasteiger partial charge in [0.05, 0.1) is 11.7 Å². The average Bonchev–Trinajstić information content (AvgIpc) is 2.74. The number of rotatable bonds is 3. The van der Waals surface area contributed by atoms with Crippen molar-refractivity contribution in [3.63, 3.8) is 0 Å². The number of nitrogens with zero attached hydrogens (tertiary/aromatic N) is 3. The lowest BCUT2D eigenvalue weighted by molar-refractivity contribution is 0.170. The molecule has 21 heavy (non-hydrogen) atoms. The van der Waals surface area contributed by atoms with E-state index in [1.165, 1.54) is 6.07 Å². The van der Waals surface area contributed by atoms with Crippen molar-refractivity contribution in [2.24, 2.45) is 5.92 Å². The topological polar surface area (TPSA) is 53.9 Å². The number of pyridine rings is 1. The standard InChI is InChI=1S/C15H21FN4O/c1-10(2)9-19-5-3-12(4-6-19)20-13-7-11(16)8-17-14(13)18-15(20)21/h7-8,10,12H,3-6,9H2,1-2H3,(H,17,18,21). The van der Waals surface area contributed by atoms with Crippen molar-refractivity contribution in [1.82, 2.24) is 19.4 Å². The predicted octanol–water partition coefficient (Wildman–Crippen LogP) is 2.16. The summed E-state index contributed by atoms with van der Waals surface area (Å²) in [6, 6.07) is 1.51. The van der Waals surface area contributed by atoms with Crippen LogP contribution in [0.15, 0.2) is 17.1 Å². The highest BCUT2D eigenvalue weighted by Crippen LogP contribution is 2.24. The fourth-order valence-corrected chi connectivity index (χ4v) is 3.22. The second-order valence-corrected chi connectivity index (χ2v) is 6.25. The van der Waals surface area contributed by atoms with Crippen LogP contribution in [0.3, 0.4) is 0 Å². The quantitative estimate of drug-likeness (QED) is 0.943. The van der Waals surface area contributed by atoms with Crippen LogP contribution >= 0.6 is 0 Å². The first kappa shape index (κ1) is 14.3. The molecular weight excluding hydrogens is 271 g/mol. The number of halogens is 1. The van der Waals surface area contributed by atoms with Crippen LogP contribution in [0.4, 0.5) is 4.39 Å². The van der Waals surface area contributed by atoms with Gasteiger partial charge in [-0.05, 0) is 18.8 Å². The molecule has 0 atom stereocenters. The summed E-state index contributed by atoms with van der Waals surface area (Å²) < 4.78 is 15.1. The molecule has 0 aromatic carbocycles. The Hall–Kier alpha value is -1.69. The van der Waals surface area contributed by atoms with Crippen molar-refractivity contribution in [3.8, 4) is 0 Å². The van der Waals surface area contributed by atoms with Crippen LogP contribution < -0.4 is 5.69 Å². The summed E-state index contributed by atoms with van der Waals surface area (Å²) in [5, 5.41) is 0. The molecule has 0 spiro atoms. The maximum absolute atomic E-state index is 13.4. The van der Waals surface area contributed by atoms with Crippen molar-refractivity contribution < 1.29 is 4.39 Å². The summed E-state index contributed by atoms with van der Waals surface area (Å²) in [4.78, 5) is 21.2. The SMILES string of the molecule is CC(C)CN1CCC(n2c(=O)[nH]c3ncc(F)cc32)CC1. The summed E-state index contributed by atoms with van der Waals surface area (Å²) in [6.07, 6.45) is 2.96. The van der Waals surface area contributed by atoms with Gasteiger partial charge >= 0.3 is 5.69 Å². The van der Waals surface area contributed by atoms with Crippen LogP contribution in [0, 0.1) is 11.7 Å². The van der Waals surface area contributed by atoms with Crippen LogP contribution in [0.5, 0.6) is 0 Å². The molecule has 0 amide bonds. The lowest BCUT2D eigenvalue weighted by atomic mass is 10.0. The van der Waals surface area contributed by atoms with Gasteiger partial charge in [0.25, 0.3) is 0 Å². The lowest BCUT2D eigenvalue weighted by Gasteiger charge is -2.33. The van der Waals surface area contributed by atoms with Crippen molar-refractivity contribution in [2.45, 2.75) is 32.7 Å². The molecule has 1 aliphatic heterocycles. The van der Waals surface area contributed by atoms with Crippen molar-refractivity contribution in [2.75, 3.05) is 19.6 Å². The fourth-order valence-electron chi connectivity index (χ4n) is 3.22. The lowest BCUT2D eigenvalue weighted by Crippen LogP contribution is -2.38. The molecule has 2 aromatic rings. The molecule has 3 rings (SSSR count). The number of imidazole rings is 1. The number of piperidine rings is 1. The molecule has 5 nitrogen and oxygen atoms in total. The number of fused-ring (bicyclic) bond motifs is 1. The Balaban J connectivity index is 1.84. The first-order valence-corrected chi connectivity index (χ1v) is 7.52. The van der Waals surface area contributed by atoms with Crippen molar-refractivity contribution in [1.29, 1.82) is 0 Å². The van der Waals surface area contributed by atoms with Gasteiger partial charge in [-0.15, -0.1) is 0 Å². The van der Waals surface area contributed by atoms with E-state index in [-0.39, 0.29) is 11.7 Å². The Morgan fingerprint density at radius 1 is 1.43 bits per heavy atom. The van der Waals surface area contributed by atoms with Crippen LogP contribution in [-0.2, 0) is 0 Å². The average molecular weight is 292 g/mol. The third-order valence-corrected chi connectivity index (χ3v) is 4.08. The van der Waals surface area contributed by atoms with E-state index in [1.807, 2.05) is 0 Å². The van der Waals surface area contributed by atoms with Gasteiger partial charge in [0.2, 0.25) is 0 Å². The van der Waals surface area contributed by atoms with Gasteiger partial charge in [0, 0.05) is 31.7 Å². The Kier molecular flexibility index (Phi) is 3.80. The number of hydrogen-bond donors (Lipinski definition) is 1. The van der Waals surface area contributed by atoms with Crippen LogP contribution in [0.2, 0.25) is 0 Å². The van der Waals surface area contributed by atoms with E-state index in [2.05, 4.69) is 28.7 Å². The second-order valence-electron chi connectivity index (χ2n) is 6.25. The largest absolute Gasteiger partial charge is 0.327 e. The van der Waals surface area contributed by atoms with E-state index in [1.54, 1.807) is 4.57 Å². The van der Waals surface area contributed by atoms with Crippen LogP contribution in [-0.4, -0.2) is 39.1 Å². The van der Waals surface area contributed by atoms with Crippen LogP contribution in [0.25, 0.3) is 11.2 Å². The highest BCUT2D eigenvalue weighted by atomic mass is 19.1. The maximum atomic E-state index is 13.4. The predicted molar refractivity (Wildman–Crippen MR) is 79.9 cm³/mol. The molecule has 0 aliphatic carbocycles. The molecule has 3 heterocycles. The van der Waals surface area contributed by atoms with Gasteiger partial charge in [0.1, 0.15) is 5.82 Å². The van der Waals surface area contributed by atoms with Crippen molar-refractivity contribution >= 4 is 11.2 Å². The smallest absolute Gasteiger partial charge is 0.303 e. The highest BCUT2D eigenvalue weighted by molar-refractivity contribution is 5.70. The Bertz CT molecular complexity index is 683. The van der Waals surface area contributed by atoms with E-state index in [9.17, 15) is 9.18 Å². The number of aromatic nitrogens is 3. The van der Waals surface area contributed by atoms with Gasteiger partial charge in [0.15, 0.2) is 5.65 Å². The zero-order valence-corrected chi connectivity index (χ0v) is 12.5. The molecule has 1 saturated heterocycles. The first-order chi connectivity index (χ1) is 10.0. The zero-order valence-electron chi connectivity index (χ0n) is 12.5. The van der Waals surface area contributed by atoms with E-state index in [0.29, 0.717) is 17.1 Å². The van der Waals surface area contributed by atoms with Gasteiger partial charge in [-0.1, -0.05) is 13.8 Å². The molecule has 0 unspecified atom stereocenters. The third-order valence-electron chi connectivity index (χ3n) is 4.08. The van der Waals surface area contributed by atoms with E-state index in [0.717, 1.165) is 38.7 Å². The van der Waals surface area contributed by atoms with Crippen LogP contribution in [0.1, 0.15) is 32.7 Å². The third kappa shape index (κ3) is 2.85. The fraction of sp³-hybridized carbons (Fsp3) is 0.600. The minimum Gasteiger partial charge on any atom is -0.303 e. The highest BCUT2D eigenvalue weighted by Gasteiger charge is 2.24. The van der Waals surface area contributed by atoms with Gasteiger partial charge < -0.3 is 4.90 Å². The molecule has 6 heteroatoms. The molecule has 1 aliphatic rings. The molecule has 0 radical (unpaired) electrons. The second kappa shape index (κ2) is 5.60.